The molecule has 0 amide bonds. The van der Waals surface area contributed by atoms with Crippen molar-refractivity contribution >= 4 is 55.7 Å². The van der Waals surface area contributed by atoms with Gasteiger partial charge in [0.05, 0.1) is 13.7 Å². The second-order valence-corrected chi connectivity index (χ2v) is 12.4. The Kier molecular flexibility index (Phi) is 8.44. The number of methoxy groups -OCH3 is 1. The normalized spacial score (nSPS) is 11.1. The Bertz CT molecular complexity index is 2210. The molecule has 0 fully saturated rings. The standard InChI is InChI=1S/C46H36N2O2/c1-50-46-28-26-43(27-29-46)48(45-25-17-35-7-3-5-9-39(35)31-45)42-22-14-37(15-23-42)36-12-20-41(21-13-36)47(40-18-10-33(32-49)11-19-40)44-24-16-34-6-2-4-8-38(34)30-44/h2-31,49H,32H2,1H3. The van der Waals surface area contributed by atoms with Crippen molar-refractivity contribution in [1.29, 1.82) is 0 Å². The van der Waals surface area contributed by atoms with Crippen LogP contribution in [0.4, 0.5) is 34.1 Å². The molecule has 0 aliphatic heterocycles. The molecule has 0 spiro atoms. The first-order valence-electron chi connectivity index (χ1n) is 16.8. The summed E-state index contributed by atoms with van der Waals surface area (Å²) in [5, 5.41) is 14.5. The van der Waals surface area contributed by atoms with E-state index in [1.807, 2.05) is 24.3 Å². The highest BCUT2D eigenvalue weighted by atomic mass is 16.5. The van der Waals surface area contributed by atoms with Crippen molar-refractivity contribution in [3.63, 3.8) is 0 Å². The van der Waals surface area contributed by atoms with E-state index in [2.05, 4.69) is 168 Å². The number of hydrogen-bond acceptors (Lipinski definition) is 4. The minimum atomic E-state index is 0.0177. The topological polar surface area (TPSA) is 35.9 Å². The summed E-state index contributed by atoms with van der Waals surface area (Å²) in [5.41, 5.74) is 9.53. The van der Waals surface area contributed by atoms with Crippen LogP contribution in [0.1, 0.15) is 5.56 Å². The van der Waals surface area contributed by atoms with Gasteiger partial charge in [-0.25, -0.2) is 0 Å². The molecule has 0 saturated carbocycles. The lowest BCUT2D eigenvalue weighted by molar-refractivity contribution is 0.282. The molecule has 0 heterocycles. The van der Waals surface area contributed by atoms with Crippen LogP contribution in [-0.4, -0.2) is 12.2 Å². The number of hydrogen-bond donors (Lipinski definition) is 1. The zero-order chi connectivity index (χ0) is 33.9. The van der Waals surface area contributed by atoms with Gasteiger partial charge in [-0.2, -0.15) is 0 Å². The molecule has 0 saturated heterocycles. The Hall–Kier alpha value is -6.36. The summed E-state index contributed by atoms with van der Waals surface area (Å²) in [6, 6.07) is 63.8. The van der Waals surface area contributed by atoms with Crippen molar-refractivity contribution in [3.8, 4) is 16.9 Å². The lowest BCUT2D eigenvalue weighted by Crippen LogP contribution is -2.10. The first kappa shape index (κ1) is 30.9. The highest BCUT2D eigenvalue weighted by molar-refractivity contribution is 5.91. The van der Waals surface area contributed by atoms with Gasteiger partial charge in [0.15, 0.2) is 0 Å². The lowest BCUT2D eigenvalue weighted by Gasteiger charge is -2.27. The molecule has 0 aliphatic carbocycles. The van der Waals surface area contributed by atoms with Crippen LogP contribution in [0.3, 0.4) is 0 Å². The molecule has 8 rings (SSSR count). The van der Waals surface area contributed by atoms with E-state index in [-0.39, 0.29) is 6.61 Å². The van der Waals surface area contributed by atoms with Crippen molar-refractivity contribution in [2.75, 3.05) is 16.9 Å². The zero-order valence-corrected chi connectivity index (χ0v) is 27.8. The molecule has 1 N–H and O–H groups in total. The highest BCUT2D eigenvalue weighted by Crippen LogP contribution is 2.40. The third-order valence-corrected chi connectivity index (χ3v) is 9.27. The van der Waals surface area contributed by atoms with Crippen molar-refractivity contribution in [1.82, 2.24) is 0 Å². The van der Waals surface area contributed by atoms with Crippen LogP contribution >= 0.6 is 0 Å². The fourth-order valence-electron chi connectivity index (χ4n) is 6.61. The van der Waals surface area contributed by atoms with Gasteiger partial charge >= 0.3 is 0 Å². The van der Waals surface area contributed by atoms with Gasteiger partial charge in [0.25, 0.3) is 0 Å². The number of rotatable bonds is 9. The van der Waals surface area contributed by atoms with E-state index in [0.717, 1.165) is 56.6 Å². The van der Waals surface area contributed by atoms with Crippen LogP contribution < -0.4 is 14.5 Å². The fourth-order valence-corrected chi connectivity index (χ4v) is 6.61. The largest absolute Gasteiger partial charge is 0.497 e. The van der Waals surface area contributed by atoms with Crippen LogP contribution in [0, 0.1) is 0 Å². The predicted molar refractivity (Wildman–Crippen MR) is 209 cm³/mol. The molecule has 8 aromatic rings. The first-order valence-corrected chi connectivity index (χ1v) is 16.8. The van der Waals surface area contributed by atoms with E-state index in [4.69, 9.17) is 4.74 Å². The van der Waals surface area contributed by atoms with Crippen LogP contribution in [-0.2, 0) is 6.61 Å². The minimum Gasteiger partial charge on any atom is -0.497 e. The van der Waals surface area contributed by atoms with Crippen molar-refractivity contribution in [2.24, 2.45) is 0 Å². The van der Waals surface area contributed by atoms with E-state index in [1.54, 1.807) is 7.11 Å². The van der Waals surface area contributed by atoms with E-state index in [0.29, 0.717) is 0 Å². The monoisotopic (exact) mass is 648 g/mol. The Balaban J connectivity index is 1.13. The molecule has 0 atom stereocenters. The summed E-state index contributed by atoms with van der Waals surface area (Å²) in [6.45, 7) is 0.0177. The van der Waals surface area contributed by atoms with Gasteiger partial charge in [0, 0.05) is 34.1 Å². The Morgan fingerprint density at radius 1 is 0.400 bits per heavy atom. The average molecular weight is 649 g/mol. The van der Waals surface area contributed by atoms with Gasteiger partial charge in [-0.1, -0.05) is 97.1 Å². The van der Waals surface area contributed by atoms with Gasteiger partial charge in [0.2, 0.25) is 0 Å². The third kappa shape index (κ3) is 6.16. The highest BCUT2D eigenvalue weighted by Gasteiger charge is 2.16. The molecule has 0 aromatic heterocycles. The summed E-state index contributed by atoms with van der Waals surface area (Å²) < 4.78 is 5.45. The number of fused-ring (bicyclic) bond motifs is 2. The van der Waals surface area contributed by atoms with Crippen LogP contribution in [0.25, 0.3) is 32.7 Å². The van der Waals surface area contributed by atoms with Crippen LogP contribution in [0.5, 0.6) is 5.75 Å². The van der Waals surface area contributed by atoms with E-state index < -0.39 is 0 Å². The number of aliphatic hydroxyl groups is 1. The third-order valence-electron chi connectivity index (χ3n) is 9.27. The van der Waals surface area contributed by atoms with Gasteiger partial charge in [-0.15, -0.1) is 0 Å². The second-order valence-electron chi connectivity index (χ2n) is 12.4. The fraction of sp³-hybridized carbons (Fsp3) is 0.0435. The zero-order valence-electron chi connectivity index (χ0n) is 27.8. The Labute approximate surface area is 292 Å². The van der Waals surface area contributed by atoms with Gasteiger partial charge in [-0.05, 0) is 123 Å². The molecular formula is C46H36N2O2. The SMILES string of the molecule is COc1ccc(N(c2ccc(-c3ccc(N(c4ccc(CO)cc4)c4ccc5ccccc5c4)cc3)cc2)c2ccc3ccccc3c2)cc1. The summed E-state index contributed by atoms with van der Waals surface area (Å²) in [7, 11) is 1.69. The first-order chi connectivity index (χ1) is 24.7. The predicted octanol–water partition coefficient (Wildman–Crippen LogP) is 12.1. The van der Waals surface area contributed by atoms with Crippen molar-refractivity contribution in [3.05, 3.63) is 188 Å². The lowest BCUT2D eigenvalue weighted by atomic mass is 10.0. The van der Waals surface area contributed by atoms with Crippen molar-refractivity contribution in [2.45, 2.75) is 6.61 Å². The smallest absolute Gasteiger partial charge is 0.119 e. The van der Waals surface area contributed by atoms with Gasteiger partial charge < -0.3 is 19.6 Å². The summed E-state index contributed by atoms with van der Waals surface area (Å²) in [4.78, 5) is 4.54. The maximum atomic E-state index is 9.66. The van der Waals surface area contributed by atoms with Gasteiger partial charge in [0.1, 0.15) is 5.75 Å². The second kappa shape index (κ2) is 13.6. The minimum absolute atomic E-state index is 0.0177. The van der Waals surface area contributed by atoms with E-state index in [1.165, 1.54) is 21.5 Å². The average Bonchev–Trinajstić information content (AvgIpc) is 3.19. The maximum absolute atomic E-state index is 9.66. The number of nitrogens with zero attached hydrogens (tertiary/aromatic N) is 2. The molecule has 0 unspecified atom stereocenters. The quantitative estimate of drug-likeness (QED) is 0.169. The van der Waals surface area contributed by atoms with Crippen LogP contribution in [0.15, 0.2) is 182 Å². The van der Waals surface area contributed by atoms with Crippen molar-refractivity contribution < 1.29 is 9.84 Å². The van der Waals surface area contributed by atoms with E-state index >= 15 is 0 Å². The Morgan fingerprint density at radius 2 is 0.760 bits per heavy atom. The number of anilines is 6. The molecule has 0 bridgehead atoms. The molecule has 0 radical (unpaired) electrons. The molecular weight excluding hydrogens is 613 g/mol. The molecule has 50 heavy (non-hydrogen) atoms. The summed E-state index contributed by atoms with van der Waals surface area (Å²) in [6.07, 6.45) is 0. The molecule has 242 valence electrons. The van der Waals surface area contributed by atoms with E-state index in [9.17, 15) is 5.11 Å². The number of aliphatic hydroxyl groups excluding tert-OH is 1. The maximum Gasteiger partial charge on any atom is 0.119 e. The molecule has 4 nitrogen and oxygen atoms in total. The molecule has 8 aromatic carbocycles. The van der Waals surface area contributed by atoms with Gasteiger partial charge in [-0.3, -0.25) is 0 Å². The number of benzene rings is 8. The number of ether oxygens (including phenoxy) is 1. The summed E-state index contributed by atoms with van der Waals surface area (Å²) in [5.74, 6) is 0.826. The molecule has 0 aliphatic rings. The Morgan fingerprint density at radius 3 is 1.16 bits per heavy atom. The van der Waals surface area contributed by atoms with Crippen LogP contribution in [0.2, 0.25) is 0 Å². The molecule has 4 heteroatoms. The summed E-state index contributed by atoms with van der Waals surface area (Å²) >= 11 is 0.